The van der Waals surface area contributed by atoms with Crippen LogP contribution in [0, 0.1) is 11.3 Å². The number of nitriles is 1. The molecule has 5 nitrogen and oxygen atoms in total. The second-order valence-electron chi connectivity index (χ2n) is 5.34. The van der Waals surface area contributed by atoms with Crippen LogP contribution in [-0.2, 0) is 4.74 Å². The van der Waals surface area contributed by atoms with Crippen LogP contribution in [0.1, 0.15) is 42.2 Å². The maximum Gasteiger partial charge on any atom is 0.259 e. The Morgan fingerprint density at radius 2 is 2.18 bits per heavy atom. The summed E-state index contributed by atoms with van der Waals surface area (Å²) in [5.74, 6) is 0.232. The molecule has 1 aromatic carbocycles. The summed E-state index contributed by atoms with van der Waals surface area (Å²) in [5.41, 5.74) is 0.935. The van der Waals surface area contributed by atoms with E-state index in [-0.39, 0.29) is 12.0 Å². The summed E-state index contributed by atoms with van der Waals surface area (Å²) in [7, 11) is 1.50. The number of hydrogen-bond donors (Lipinski definition) is 0. The van der Waals surface area contributed by atoms with Crippen molar-refractivity contribution in [3.05, 3.63) is 28.3 Å². The molecule has 22 heavy (non-hydrogen) atoms. The van der Waals surface area contributed by atoms with Gasteiger partial charge in [0.2, 0.25) is 0 Å². The Balaban J connectivity index is 2.23. The molecule has 1 heterocycles. The van der Waals surface area contributed by atoms with Gasteiger partial charge >= 0.3 is 0 Å². The standard InChI is InChI=1S/C16H19ClN2O3/c1-10(2)22-8-4-7-19-12(9-18)14-11(17)5-6-13(21-3)15(14)16(19)20/h5-6,10,12H,4,7-8H2,1-3H3. The summed E-state index contributed by atoms with van der Waals surface area (Å²) in [6, 6.07) is 4.80. The van der Waals surface area contributed by atoms with Gasteiger partial charge in [-0.2, -0.15) is 5.26 Å². The van der Waals surface area contributed by atoms with Crippen molar-refractivity contribution in [2.24, 2.45) is 0 Å². The minimum Gasteiger partial charge on any atom is -0.496 e. The highest BCUT2D eigenvalue weighted by Crippen LogP contribution is 2.42. The third-order valence-corrected chi connectivity index (χ3v) is 3.88. The van der Waals surface area contributed by atoms with E-state index in [0.717, 1.165) is 0 Å². The molecule has 0 fully saturated rings. The predicted molar refractivity (Wildman–Crippen MR) is 83.1 cm³/mol. The zero-order valence-corrected chi connectivity index (χ0v) is 13.7. The van der Waals surface area contributed by atoms with Crippen molar-refractivity contribution in [2.75, 3.05) is 20.3 Å². The topological polar surface area (TPSA) is 62.6 Å². The number of halogens is 1. The van der Waals surface area contributed by atoms with Crippen LogP contribution >= 0.6 is 11.6 Å². The van der Waals surface area contributed by atoms with Crippen LogP contribution in [0.5, 0.6) is 5.75 Å². The minimum absolute atomic E-state index is 0.146. The highest BCUT2D eigenvalue weighted by molar-refractivity contribution is 6.32. The molecule has 0 aromatic heterocycles. The highest BCUT2D eigenvalue weighted by Gasteiger charge is 2.40. The molecule has 1 unspecified atom stereocenters. The van der Waals surface area contributed by atoms with Crippen molar-refractivity contribution in [3.8, 4) is 11.8 Å². The Hall–Kier alpha value is -1.77. The second-order valence-corrected chi connectivity index (χ2v) is 5.75. The molecule has 0 saturated heterocycles. The minimum atomic E-state index is -0.677. The Morgan fingerprint density at radius 3 is 2.77 bits per heavy atom. The van der Waals surface area contributed by atoms with E-state index in [1.807, 2.05) is 13.8 Å². The van der Waals surface area contributed by atoms with Crippen molar-refractivity contribution in [1.82, 2.24) is 4.90 Å². The molecule has 6 heteroatoms. The summed E-state index contributed by atoms with van der Waals surface area (Å²) < 4.78 is 10.7. The number of amides is 1. The number of rotatable bonds is 6. The molecule has 2 rings (SSSR count). The van der Waals surface area contributed by atoms with E-state index in [0.29, 0.717) is 41.5 Å². The lowest BCUT2D eigenvalue weighted by Crippen LogP contribution is -2.29. The van der Waals surface area contributed by atoms with Crippen molar-refractivity contribution >= 4 is 17.5 Å². The van der Waals surface area contributed by atoms with Crippen LogP contribution < -0.4 is 4.74 Å². The lowest BCUT2D eigenvalue weighted by molar-refractivity contribution is 0.0610. The zero-order valence-electron chi connectivity index (χ0n) is 12.9. The molecular formula is C16H19ClN2O3. The molecule has 0 N–H and O–H groups in total. The largest absolute Gasteiger partial charge is 0.496 e. The van der Waals surface area contributed by atoms with Gasteiger partial charge in [0.15, 0.2) is 0 Å². The van der Waals surface area contributed by atoms with E-state index in [2.05, 4.69) is 6.07 Å². The average molecular weight is 323 g/mol. The van der Waals surface area contributed by atoms with Crippen LogP contribution in [0.25, 0.3) is 0 Å². The lowest BCUT2D eigenvalue weighted by Gasteiger charge is -2.20. The van der Waals surface area contributed by atoms with Gasteiger partial charge in [0, 0.05) is 23.7 Å². The Labute approximate surface area is 135 Å². The number of benzene rings is 1. The van der Waals surface area contributed by atoms with Gasteiger partial charge in [-0.05, 0) is 32.4 Å². The molecule has 1 aromatic rings. The van der Waals surface area contributed by atoms with Gasteiger partial charge in [-0.1, -0.05) is 11.6 Å². The zero-order chi connectivity index (χ0) is 16.3. The lowest BCUT2D eigenvalue weighted by atomic mass is 10.0. The number of fused-ring (bicyclic) bond motifs is 1. The first-order valence-electron chi connectivity index (χ1n) is 7.19. The monoisotopic (exact) mass is 322 g/mol. The maximum absolute atomic E-state index is 12.6. The summed E-state index contributed by atoms with van der Waals surface area (Å²) >= 11 is 6.20. The maximum atomic E-state index is 12.6. The van der Waals surface area contributed by atoms with Gasteiger partial charge in [-0.3, -0.25) is 4.79 Å². The highest BCUT2D eigenvalue weighted by atomic mass is 35.5. The smallest absolute Gasteiger partial charge is 0.259 e. The summed E-state index contributed by atoms with van der Waals surface area (Å²) in [6.07, 6.45) is 0.809. The summed E-state index contributed by atoms with van der Waals surface area (Å²) in [6.45, 7) is 4.90. The third-order valence-electron chi connectivity index (χ3n) is 3.55. The van der Waals surface area contributed by atoms with Gasteiger partial charge in [0.25, 0.3) is 5.91 Å². The van der Waals surface area contributed by atoms with E-state index in [9.17, 15) is 10.1 Å². The van der Waals surface area contributed by atoms with Crippen molar-refractivity contribution < 1.29 is 14.3 Å². The van der Waals surface area contributed by atoms with Gasteiger partial charge in [-0.25, -0.2) is 0 Å². The molecule has 0 bridgehead atoms. The van der Waals surface area contributed by atoms with Crippen LogP contribution in [-0.4, -0.2) is 37.2 Å². The second kappa shape index (κ2) is 6.99. The van der Waals surface area contributed by atoms with Gasteiger partial charge in [0.1, 0.15) is 11.8 Å². The summed E-state index contributed by atoms with van der Waals surface area (Å²) in [4.78, 5) is 14.2. The number of nitrogens with zero attached hydrogens (tertiary/aromatic N) is 2. The third kappa shape index (κ3) is 3.03. The fourth-order valence-electron chi connectivity index (χ4n) is 2.57. The molecule has 1 atom stereocenters. The van der Waals surface area contributed by atoms with E-state index < -0.39 is 6.04 Å². The quantitative estimate of drug-likeness (QED) is 0.755. The van der Waals surface area contributed by atoms with Gasteiger partial charge in [0.05, 0.1) is 24.8 Å². The Morgan fingerprint density at radius 1 is 1.45 bits per heavy atom. The van der Waals surface area contributed by atoms with Crippen molar-refractivity contribution in [2.45, 2.75) is 32.4 Å². The van der Waals surface area contributed by atoms with Crippen LogP contribution in [0.2, 0.25) is 5.02 Å². The fourth-order valence-corrected chi connectivity index (χ4v) is 2.83. The molecule has 1 aliphatic rings. The average Bonchev–Trinajstić information content (AvgIpc) is 2.78. The summed E-state index contributed by atoms with van der Waals surface area (Å²) in [5, 5.41) is 9.87. The molecular weight excluding hydrogens is 304 g/mol. The van der Waals surface area contributed by atoms with Gasteiger partial charge < -0.3 is 14.4 Å². The number of ether oxygens (including phenoxy) is 2. The van der Waals surface area contributed by atoms with Crippen LogP contribution in [0.3, 0.4) is 0 Å². The SMILES string of the molecule is COc1ccc(Cl)c2c1C(=O)N(CCCOC(C)C)C2C#N. The van der Waals surface area contributed by atoms with E-state index >= 15 is 0 Å². The molecule has 0 saturated carbocycles. The first kappa shape index (κ1) is 16.6. The molecule has 118 valence electrons. The normalized spacial score (nSPS) is 16.8. The Kier molecular flexibility index (Phi) is 5.28. The van der Waals surface area contributed by atoms with Gasteiger partial charge in [-0.15, -0.1) is 0 Å². The van der Waals surface area contributed by atoms with E-state index in [4.69, 9.17) is 21.1 Å². The first-order chi connectivity index (χ1) is 10.5. The van der Waals surface area contributed by atoms with Crippen LogP contribution in [0.15, 0.2) is 12.1 Å². The molecule has 0 spiro atoms. The fraction of sp³-hybridized carbons (Fsp3) is 0.500. The molecule has 1 aliphatic heterocycles. The molecule has 1 amide bonds. The van der Waals surface area contributed by atoms with Crippen molar-refractivity contribution in [3.63, 3.8) is 0 Å². The predicted octanol–water partition coefficient (Wildman–Crippen LogP) is 3.18. The molecule has 0 aliphatic carbocycles. The Bertz CT molecular complexity index is 610. The first-order valence-corrected chi connectivity index (χ1v) is 7.57. The van der Waals surface area contributed by atoms with E-state index in [1.165, 1.54) is 12.0 Å². The number of carbonyl (C=O) groups is 1. The van der Waals surface area contributed by atoms with Crippen molar-refractivity contribution in [1.29, 1.82) is 5.26 Å². The van der Waals surface area contributed by atoms with Crippen LogP contribution in [0.4, 0.5) is 0 Å². The van der Waals surface area contributed by atoms with E-state index in [1.54, 1.807) is 12.1 Å². The molecule has 0 radical (unpaired) electrons. The number of hydrogen-bond acceptors (Lipinski definition) is 4. The number of methoxy groups -OCH3 is 1. The number of carbonyl (C=O) groups excluding carboxylic acids is 1.